The number of hydrogen-bond donors (Lipinski definition) is 1. The van der Waals surface area contributed by atoms with Crippen LogP contribution in [0.2, 0.25) is 0 Å². The van der Waals surface area contributed by atoms with E-state index >= 15 is 0 Å². The Labute approximate surface area is 180 Å². The Balaban J connectivity index is 1.61. The zero-order valence-electron chi connectivity index (χ0n) is 15.5. The number of nitrogens with one attached hydrogen (secondary N) is 1. The predicted octanol–water partition coefficient (Wildman–Crippen LogP) is 4.13. The maximum Gasteiger partial charge on any atom is 0.343 e. The molecule has 7 heteroatoms. The number of hydrazine groups is 1. The minimum atomic E-state index is -0.540. The summed E-state index contributed by atoms with van der Waals surface area (Å²) in [5.41, 5.74) is 3.87. The monoisotopic (exact) mass is 462 g/mol. The third kappa shape index (κ3) is 4.01. The van der Waals surface area contributed by atoms with Crippen molar-refractivity contribution in [1.82, 2.24) is 5.43 Å². The van der Waals surface area contributed by atoms with Crippen LogP contribution in [0.25, 0.3) is 6.08 Å². The van der Waals surface area contributed by atoms with Gasteiger partial charge in [-0.15, -0.1) is 0 Å². The first-order valence-electron chi connectivity index (χ1n) is 9.02. The Bertz CT molecular complexity index is 1160. The molecule has 0 spiro atoms. The number of para-hydroxylation sites is 2. The molecule has 3 aromatic rings. The second-order valence-corrected chi connectivity index (χ2v) is 7.32. The predicted molar refractivity (Wildman–Crippen MR) is 116 cm³/mol. The van der Waals surface area contributed by atoms with Crippen LogP contribution in [0.15, 0.2) is 88.9 Å². The Morgan fingerprint density at radius 1 is 0.900 bits per heavy atom. The van der Waals surface area contributed by atoms with Gasteiger partial charge in [-0.2, -0.15) is 0 Å². The van der Waals surface area contributed by atoms with Crippen LogP contribution in [0, 0.1) is 0 Å². The summed E-state index contributed by atoms with van der Waals surface area (Å²) in [6, 6.07) is 22.3. The van der Waals surface area contributed by atoms with Crippen LogP contribution in [-0.4, -0.2) is 17.8 Å². The number of hydrogen-bond acceptors (Lipinski definition) is 4. The van der Waals surface area contributed by atoms with Crippen molar-refractivity contribution in [1.29, 1.82) is 0 Å². The van der Waals surface area contributed by atoms with Crippen LogP contribution in [0.1, 0.15) is 15.9 Å². The van der Waals surface area contributed by atoms with Gasteiger partial charge in [-0.25, -0.2) is 9.80 Å². The molecule has 1 heterocycles. The molecule has 1 saturated heterocycles. The van der Waals surface area contributed by atoms with E-state index in [0.717, 1.165) is 4.47 Å². The normalized spacial score (nSPS) is 14.7. The van der Waals surface area contributed by atoms with Gasteiger partial charge in [-0.3, -0.25) is 15.0 Å². The number of anilines is 1. The van der Waals surface area contributed by atoms with E-state index in [9.17, 15) is 14.4 Å². The first-order valence-corrected chi connectivity index (χ1v) is 9.81. The first-order chi connectivity index (χ1) is 14.5. The molecule has 1 N–H and O–H groups in total. The molecule has 0 radical (unpaired) electrons. The van der Waals surface area contributed by atoms with Crippen LogP contribution in [0.4, 0.5) is 5.69 Å². The third-order valence-electron chi connectivity index (χ3n) is 4.41. The topological polar surface area (TPSA) is 75.7 Å². The number of amides is 2. The maximum absolute atomic E-state index is 12.8. The fourth-order valence-corrected chi connectivity index (χ4v) is 3.17. The molecule has 0 aliphatic carbocycles. The average molecular weight is 463 g/mol. The van der Waals surface area contributed by atoms with Gasteiger partial charge in [0.25, 0.3) is 11.8 Å². The van der Waals surface area contributed by atoms with E-state index in [1.807, 2.05) is 6.07 Å². The molecule has 4 rings (SSSR count). The van der Waals surface area contributed by atoms with Crippen LogP contribution in [-0.2, 0) is 9.59 Å². The second-order valence-electron chi connectivity index (χ2n) is 6.41. The summed E-state index contributed by atoms with van der Waals surface area (Å²) in [4.78, 5) is 37.6. The fourth-order valence-electron chi connectivity index (χ4n) is 2.91. The Morgan fingerprint density at radius 2 is 1.57 bits per heavy atom. The Morgan fingerprint density at radius 3 is 2.30 bits per heavy atom. The highest BCUT2D eigenvalue weighted by atomic mass is 79.9. The number of carbonyl (C=O) groups is 3. The second kappa shape index (κ2) is 8.34. The summed E-state index contributed by atoms with van der Waals surface area (Å²) >= 11 is 3.32. The lowest BCUT2D eigenvalue weighted by molar-refractivity contribution is -0.117. The maximum atomic E-state index is 12.8. The SMILES string of the molecule is O=C1NN(c2ccccc2)C(=O)/C1=C/c1ccccc1OC(=O)c1ccc(Br)cc1. The number of rotatable bonds is 4. The van der Waals surface area contributed by atoms with Crippen molar-refractivity contribution < 1.29 is 19.1 Å². The van der Waals surface area contributed by atoms with Crippen LogP contribution in [0.3, 0.4) is 0 Å². The van der Waals surface area contributed by atoms with Crippen molar-refractivity contribution in [3.63, 3.8) is 0 Å². The Hall–Kier alpha value is -3.71. The van der Waals surface area contributed by atoms with E-state index in [0.29, 0.717) is 16.8 Å². The largest absolute Gasteiger partial charge is 0.422 e. The van der Waals surface area contributed by atoms with Crippen molar-refractivity contribution in [3.8, 4) is 5.75 Å². The van der Waals surface area contributed by atoms with E-state index in [1.165, 1.54) is 11.1 Å². The number of esters is 1. The minimum absolute atomic E-state index is 0.0500. The molecule has 3 aromatic carbocycles. The molecular formula is C23H15BrN2O4. The molecule has 0 atom stereocenters. The molecule has 1 aliphatic rings. The summed E-state index contributed by atoms with van der Waals surface area (Å²) in [5, 5.41) is 1.19. The molecular weight excluding hydrogens is 448 g/mol. The Kier molecular flexibility index (Phi) is 5.45. The molecule has 0 bridgehead atoms. The number of benzene rings is 3. The number of halogens is 1. The average Bonchev–Trinajstić information content (AvgIpc) is 3.04. The van der Waals surface area contributed by atoms with Crippen LogP contribution in [0.5, 0.6) is 5.75 Å². The summed E-state index contributed by atoms with van der Waals surface area (Å²) in [5.74, 6) is -1.31. The van der Waals surface area contributed by atoms with Gasteiger partial charge in [-0.05, 0) is 48.5 Å². The highest BCUT2D eigenvalue weighted by Gasteiger charge is 2.34. The van der Waals surface area contributed by atoms with Crippen molar-refractivity contribution >= 4 is 45.5 Å². The van der Waals surface area contributed by atoms with Crippen molar-refractivity contribution in [2.45, 2.75) is 0 Å². The fraction of sp³-hybridized carbons (Fsp3) is 0. The zero-order valence-corrected chi connectivity index (χ0v) is 17.1. The molecule has 30 heavy (non-hydrogen) atoms. The van der Waals surface area contributed by atoms with Gasteiger partial charge in [0, 0.05) is 10.0 Å². The highest BCUT2D eigenvalue weighted by Crippen LogP contribution is 2.26. The van der Waals surface area contributed by atoms with Crippen molar-refractivity contribution in [2.75, 3.05) is 5.01 Å². The molecule has 2 amide bonds. The molecule has 1 fully saturated rings. The molecule has 0 saturated carbocycles. The highest BCUT2D eigenvalue weighted by molar-refractivity contribution is 9.10. The lowest BCUT2D eigenvalue weighted by atomic mass is 10.1. The quantitative estimate of drug-likeness (QED) is 0.273. The van der Waals surface area contributed by atoms with Crippen LogP contribution < -0.4 is 15.2 Å². The molecule has 148 valence electrons. The minimum Gasteiger partial charge on any atom is -0.422 e. The van der Waals surface area contributed by atoms with E-state index in [1.54, 1.807) is 72.8 Å². The van der Waals surface area contributed by atoms with E-state index in [2.05, 4.69) is 21.4 Å². The smallest absolute Gasteiger partial charge is 0.343 e. The molecule has 0 aromatic heterocycles. The lowest BCUT2D eigenvalue weighted by Gasteiger charge is -2.13. The third-order valence-corrected chi connectivity index (χ3v) is 4.94. The van der Waals surface area contributed by atoms with Gasteiger partial charge >= 0.3 is 5.97 Å². The summed E-state index contributed by atoms with van der Waals surface area (Å²) in [6.45, 7) is 0. The molecule has 6 nitrogen and oxygen atoms in total. The van der Waals surface area contributed by atoms with Crippen LogP contribution >= 0.6 is 15.9 Å². The van der Waals surface area contributed by atoms with Gasteiger partial charge in [-0.1, -0.05) is 52.3 Å². The first kappa shape index (κ1) is 19.6. The molecule has 1 aliphatic heterocycles. The van der Waals surface area contributed by atoms with Gasteiger partial charge in [0.15, 0.2) is 0 Å². The zero-order chi connectivity index (χ0) is 21.1. The standard InChI is InChI=1S/C23H15BrN2O4/c24-17-12-10-15(11-13-17)23(29)30-20-9-5-4-6-16(20)14-19-21(27)25-26(22(19)28)18-7-2-1-3-8-18/h1-14H,(H,25,27)/b19-14+. The van der Waals surface area contributed by atoms with Gasteiger partial charge in [0.05, 0.1) is 11.3 Å². The van der Waals surface area contributed by atoms with Gasteiger partial charge in [0.1, 0.15) is 11.3 Å². The lowest BCUT2D eigenvalue weighted by Crippen LogP contribution is -2.35. The molecule has 0 unspecified atom stereocenters. The number of ether oxygens (including phenoxy) is 1. The van der Waals surface area contributed by atoms with E-state index < -0.39 is 17.8 Å². The van der Waals surface area contributed by atoms with E-state index in [-0.39, 0.29) is 11.3 Å². The number of carbonyl (C=O) groups excluding carboxylic acids is 3. The van der Waals surface area contributed by atoms with Gasteiger partial charge < -0.3 is 4.74 Å². The summed E-state index contributed by atoms with van der Waals surface area (Å²) < 4.78 is 6.35. The van der Waals surface area contributed by atoms with Gasteiger partial charge in [0.2, 0.25) is 0 Å². The summed E-state index contributed by atoms with van der Waals surface area (Å²) in [7, 11) is 0. The van der Waals surface area contributed by atoms with E-state index in [4.69, 9.17) is 4.74 Å². The van der Waals surface area contributed by atoms with Crippen molar-refractivity contribution in [3.05, 3.63) is 100 Å². The van der Waals surface area contributed by atoms with Crippen molar-refractivity contribution in [2.24, 2.45) is 0 Å². The summed E-state index contributed by atoms with van der Waals surface area (Å²) in [6.07, 6.45) is 1.42. The number of nitrogens with zero attached hydrogens (tertiary/aromatic N) is 1.